The van der Waals surface area contributed by atoms with E-state index in [1.807, 2.05) is 30.3 Å². The Morgan fingerprint density at radius 2 is 1.87 bits per heavy atom. The first-order valence-electron chi connectivity index (χ1n) is 8.16. The molecular formula is C19H27NO2S. The number of thiophene rings is 1. The third kappa shape index (κ3) is 7.27. The molecule has 1 aromatic carbocycles. The highest BCUT2D eigenvalue weighted by atomic mass is 32.1. The second-order valence-electron chi connectivity index (χ2n) is 6.37. The van der Waals surface area contributed by atoms with Gasteiger partial charge in [-0.3, -0.25) is 4.90 Å². The fourth-order valence-electron chi connectivity index (χ4n) is 2.60. The lowest BCUT2D eigenvalue weighted by Crippen LogP contribution is -2.36. The molecule has 3 nitrogen and oxygen atoms in total. The lowest BCUT2D eigenvalue weighted by Gasteiger charge is -2.26. The molecule has 0 saturated carbocycles. The van der Waals surface area contributed by atoms with Crippen LogP contribution in [0, 0.1) is 5.92 Å². The minimum Gasteiger partial charge on any atom is -0.389 e. The standard InChI is InChI=1S/C19H27NO2S/c1-16(2)10-20(11-18-8-9-23-15-18)12-19(21)14-22-13-17-6-4-3-5-7-17/h3-9,15-16,19,21H,10-14H2,1-2H3. The molecule has 0 fully saturated rings. The molecule has 2 aromatic rings. The van der Waals surface area contributed by atoms with E-state index in [1.165, 1.54) is 5.56 Å². The molecule has 0 amide bonds. The van der Waals surface area contributed by atoms with Crippen LogP contribution in [0.5, 0.6) is 0 Å². The van der Waals surface area contributed by atoms with Crippen LogP contribution < -0.4 is 0 Å². The van der Waals surface area contributed by atoms with Crippen molar-refractivity contribution in [3.8, 4) is 0 Å². The van der Waals surface area contributed by atoms with Gasteiger partial charge in [0, 0.05) is 19.6 Å². The minimum absolute atomic E-state index is 0.368. The van der Waals surface area contributed by atoms with E-state index >= 15 is 0 Å². The zero-order chi connectivity index (χ0) is 16.5. The highest BCUT2D eigenvalue weighted by molar-refractivity contribution is 7.07. The maximum atomic E-state index is 10.3. The van der Waals surface area contributed by atoms with E-state index in [9.17, 15) is 5.11 Å². The van der Waals surface area contributed by atoms with E-state index in [1.54, 1.807) is 11.3 Å². The molecule has 1 N–H and O–H groups in total. The van der Waals surface area contributed by atoms with Crippen molar-refractivity contribution in [1.29, 1.82) is 0 Å². The molecule has 23 heavy (non-hydrogen) atoms. The first-order valence-corrected chi connectivity index (χ1v) is 9.11. The molecule has 0 spiro atoms. The van der Waals surface area contributed by atoms with Crippen molar-refractivity contribution in [3.63, 3.8) is 0 Å². The van der Waals surface area contributed by atoms with Gasteiger partial charge >= 0.3 is 0 Å². The van der Waals surface area contributed by atoms with Crippen LogP contribution in [0.1, 0.15) is 25.0 Å². The topological polar surface area (TPSA) is 32.7 Å². The van der Waals surface area contributed by atoms with Crippen molar-refractivity contribution >= 4 is 11.3 Å². The lowest BCUT2D eigenvalue weighted by atomic mass is 10.2. The monoisotopic (exact) mass is 333 g/mol. The summed E-state index contributed by atoms with van der Waals surface area (Å²) in [5.41, 5.74) is 2.45. The van der Waals surface area contributed by atoms with Crippen molar-refractivity contribution in [2.45, 2.75) is 33.1 Å². The number of hydrogen-bond donors (Lipinski definition) is 1. The summed E-state index contributed by atoms with van der Waals surface area (Å²) in [4.78, 5) is 2.31. The smallest absolute Gasteiger partial charge is 0.0900 e. The van der Waals surface area contributed by atoms with E-state index < -0.39 is 6.10 Å². The van der Waals surface area contributed by atoms with E-state index in [0.29, 0.717) is 25.7 Å². The maximum Gasteiger partial charge on any atom is 0.0900 e. The van der Waals surface area contributed by atoms with Gasteiger partial charge in [-0.1, -0.05) is 44.2 Å². The maximum absolute atomic E-state index is 10.3. The first-order chi connectivity index (χ1) is 11.1. The van der Waals surface area contributed by atoms with Gasteiger partial charge in [-0.25, -0.2) is 0 Å². The van der Waals surface area contributed by atoms with Crippen molar-refractivity contribution in [2.24, 2.45) is 5.92 Å². The lowest BCUT2D eigenvalue weighted by molar-refractivity contribution is 0.00680. The highest BCUT2D eigenvalue weighted by Gasteiger charge is 2.14. The predicted molar refractivity (Wildman–Crippen MR) is 96.5 cm³/mol. The Bertz CT molecular complexity index is 528. The van der Waals surface area contributed by atoms with Crippen LogP contribution in [-0.4, -0.2) is 35.8 Å². The van der Waals surface area contributed by atoms with Gasteiger partial charge in [0.25, 0.3) is 0 Å². The molecular weight excluding hydrogens is 306 g/mol. The predicted octanol–water partition coefficient (Wildman–Crippen LogP) is 3.78. The van der Waals surface area contributed by atoms with Crippen LogP contribution in [0.3, 0.4) is 0 Å². The number of rotatable bonds is 10. The summed E-state index contributed by atoms with van der Waals surface area (Å²) >= 11 is 1.72. The van der Waals surface area contributed by atoms with Crippen molar-refractivity contribution in [2.75, 3.05) is 19.7 Å². The van der Waals surface area contributed by atoms with Crippen LogP contribution in [0.4, 0.5) is 0 Å². The second-order valence-corrected chi connectivity index (χ2v) is 7.15. The third-order valence-electron chi connectivity index (χ3n) is 3.50. The van der Waals surface area contributed by atoms with Gasteiger partial charge in [-0.2, -0.15) is 11.3 Å². The highest BCUT2D eigenvalue weighted by Crippen LogP contribution is 2.12. The number of ether oxygens (including phenoxy) is 1. The van der Waals surface area contributed by atoms with Crippen LogP contribution >= 0.6 is 11.3 Å². The molecule has 1 unspecified atom stereocenters. The Kier molecular flexibility index (Phi) is 7.76. The molecule has 0 radical (unpaired) electrons. The molecule has 2 rings (SSSR count). The van der Waals surface area contributed by atoms with E-state index in [0.717, 1.165) is 18.7 Å². The molecule has 0 aliphatic carbocycles. The van der Waals surface area contributed by atoms with Gasteiger partial charge in [0.15, 0.2) is 0 Å². The van der Waals surface area contributed by atoms with Crippen molar-refractivity contribution in [3.05, 3.63) is 58.3 Å². The molecule has 1 heterocycles. The summed E-state index contributed by atoms with van der Waals surface area (Å²) < 4.78 is 5.65. The Labute approximate surface area is 143 Å². The SMILES string of the molecule is CC(C)CN(Cc1ccsc1)CC(O)COCc1ccccc1. The van der Waals surface area contributed by atoms with E-state index in [2.05, 4.69) is 35.6 Å². The number of aliphatic hydroxyl groups is 1. The minimum atomic E-state index is -0.462. The molecule has 0 saturated heterocycles. The van der Waals surface area contributed by atoms with Gasteiger partial charge in [0.1, 0.15) is 0 Å². The second kappa shape index (κ2) is 9.83. The summed E-state index contributed by atoms with van der Waals surface area (Å²) in [7, 11) is 0. The van der Waals surface area contributed by atoms with Gasteiger partial charge < -0.3 is 9.84 Å². The third-order valence-corrected chi connectivity index (χ3v) is 4.23. The zero-order valence-electron chi connectivity index (χ0n) is 14.0. The summed E-state index contributed by atoms with van der Waals surface area (Å²) in [6.07, 6.45) is -0.462. The molecule has 0 aliphatic heterocycles. The molecule has 126 valence electrons. The van der Waals surface area contributed by atoms with Crippen LogP contribution in [0.25, 0.3) is 0 Å². The van der Waals surface area contributed by atoms with Gasteiger partial charge in [0.2, 0.25) is 0 Å². The summed E-state index contributed by atoms with van der Waals surface area (Å²) in [5, 5.41) is 14.5. The fourth-order valence-corrected chi connectivity index (χ4v) is 3.26. The van der Waals surface area contributed by atoms with Gasteiger partial charge in [-0.15, -0.1) is 0 Å². The number of nitrogens with zero attached hydrogens (tertiary/aromatic N) is 1. The first kappa shape index (κ1) is 18.1. The van der Waals surface area contributed by atoms with Crippen LogP contribution in [0.15, 0.2) is 47.2 Å². The van der Waals surface area contributed by atoms with Crippen molar-refractivity contribution in [1.82, 2.24) is 4.90 Å². The molecule has 1 aromatic heterocycles. The van der Waals surface area contributed by atoms with Gasteiger partial charge in [0.05, 0.1) is 19.3 Å². The van der Waals surface area contributed by atoms with Crippen LogP contribution in [0.2, 0.25) is 0 Å². The average molecular weight is 333 g/mol. The summed E-state index contributed by atoms with van der Waals surface area (Å²) in [6.45, 7) is 7.84. The Morgan fingerprint density at radius 1 is 1.09 bits per heavy atom. The summed E-state index contributed by atoms with van der Waals surface area (Å²) in [6, 6.07) is 12.2. The van der Waals surface area contributed by atoms with E-state index in [-0.39, 0.29) is 0 Å². The quantitative estimate of drug-likeness (QED) is 0.718. The summed E-state index contributed by atoms with van der Waals surface area (Å²) in [5.74, 6) is 0.575. The van der Waals surface area contributed by atoms with E-state index in [4.69, 9.17) is 4.74 Å². The average Bonchev–Trinajstić information content (AvgIpc) is 3.00. The zero-order valence-corrected chi connectivity index (χ0v) is 14.8. The molecule has 4 heteroatoms. The fraction of sp³-hybridized carbons (Fsp3) is 0.474. The van der Waals surface area contributed by atoms with Gasteiger partial charge in [-0.05, 0) is 33.9 Å². The van der Waals surface area contributed by atoms with Crippen LogP contribution in [-0.2, 0) is 17.9 Å². The van der Waals surface area contributed by atoms with Crippen molar-refractivity contribution < 1.29 is 9.84 Å². The number of benzene rings is 1. The Balaban J connectivity index is 1.76. The Morgan fingerprint density at radius 3 is 2.52 bits per heavy atom. The molecule has 0 bridgehead atoms. The molecule has 1 atom stereocenters. The number of aliphatic hydroxyl groups excluding tert-OH is 1. The largest absolute Gasteiger partial charge is 0.389 e. The Hall–Kier alpha value is -1.20. The number of hydrogen-bond acceptors (Lipinski definition) is 4. The molecule has 0 aliphatic rings. The normalized spacial score (nSPS) is 12.9.